The number of nitrogens with one attached hydrogen (secondary N) is 1. The van der Waals surface area contributed by atoms with Crippen LogP contribution in [0.3, 0.4) is 0 Å². The Bertz CT molecular complexity index is 137. The summed E-state index contributed by atoms with van der Waals surface area (Å²) in [5.74, 6) is 6.23. The molecule has 0 spiro atoms. The molecular formula is C10H22N2. The molecule has 2 heteroatoms. The molecule has 1 aliphatic rings. The lowest BCUT2D eigenvalue weighted by Gasteiger charge is -2.36. The largest absolute Gasteiger partial charge is 0.271 e. The van der Waals surface area contributed by atoms with Crippen molar-refractivity contribution < 1.29 is 0 Å². The van der Waals surface area contributed by atoms with Gasteiger partial charge in [0.25, 0.3) is 0 Å². The summed E-state index contributed by atoms with van der Waals surface area (Å²) in [7, 11) is 0. The van der Waals surface area contributed by atoms with Crippen molar-refractivity contribution in [2.24, 2.45) is 17.2 Å². The van der Waals surface area contributed by atoms with E-state index in [9.17, 15) is 0 Å². The van der Waals surface area contributed by atoms with Crippen molar-refractivity contribution >= 4 is 0 Å². The standard InChI is InChI=1S/C10H22N2/c1-8(2)9(12-11)10(3)6-4-5-7-10/h8-9,12H,4-7,11H2,1-3H3. The number of hydrogen-bond acceptors (Lipinski definition) is 2. The Labute approximate surface area is 75.9 Å². The number of hydrogen-bond donors (Lipinski definition) is 2. The van der Waals surface area contributed by atoms with Crippen LogP contribution < -0.4 is 11.3 Å². The molecule has 0 heterocycles. The van der Waals surface area contributed by atoms with Crippen LogP contribution in [0.1, 0.15) is 46.5 Å². The van der Waals surface area contributed by atoms with Crippen molar-refractivity contribution in [1.82, 2.24) is 5.43 Å². The minimum Gasteiger partial charge on any atom is -0.271 e. The van der Waals surface area contributed by atoms with E-state index in [0.717, 1.165) is 0 Å². The van der Waals surface area contributed by atoms with Gasteiger partial charge < -0.3 is 0 Å². The van der Waals surface area contributed by atoms with Gasteiger partial charge in [0.05, 0.1) is 0 Å². The second kappa shape index (κ2) is 3.75. The second-order valence-electron chi connectivity index (χ2n) is 4.75. The second-order valence-corrected chi connectivity index (χ2v) is 4.75. The first-order chi connectivity index (χ1) is 5.60. The lowest BCUT2D eigenvalue weighted by atomic mass is 9.76. The molecule has 0 radical (unpaired) electrons. The number of hydrazine groups is 1. The normalized spacial score (nSPS) is 24.8. The molecule has 0 aromatic rings. The van der Waals surface area contributed by atoms with Gasteiger partial charge in [-0.05, 0) is 24.2 Å². The summed E-state index contributed by atoms with van der Waals surface area (Å²) in [6.07, 6.45) is 5.42. The van der Waals surface area contributed by atoms with Crippen molar-refractivity contribution in [2.45, 2.75) is 52.5 Å². The minimum atomic E-state index is 0.447. The fourth-order valence-electron chi connectivity index (χ4n) is 2.69. The van der Waals surface area contributed by atoms with Crippen LogP contribution in [0.25, 0.3) is 0 Å². The van der Waals surface area contributed by atoms with Gasteiger partial charge in [0.1, 0.15) is 0 Å². The Hall–Kier alpha value is -0.0800. The molecule has 1 rings (SSSR count). The van der Waals surface area contributed by atoms with Crippen molar-refractivity contribution in [2.75, 3.05) is 0 Å². The Kier molecular flexibility index (Phi) is 3.13. The zero-order chi connectivity index (χ0) is 9.19. The highest BCUT2D eigenvalue weighted by Crippen LogP contribution is 2.42. The monoisotopic (exact) mass is 170 g/mol. The van der Waals surface area contributed by atoms with Gasteiger partial charge in [0.15, 0.2) is 0 Å². The van der Waals surface area contributed by atoms with E-state index in [1.54, 1.807) is 0 Å². The molecule has 0 aliphatic heterocycles. The predicted molar refractivity (Wildman–Crippen MR) is 52.5 cm³/mol. The van der Waals surface area contributed by atoms with Gasteiger partial charge in [-0.2, -0.15) is 0 Å². The molecule has 72 valence electrons. The van der Waals surface area contributed by atoms with Gasteiger partial charge in [-0.25, -0.2) is 0 Å². The van der Waals surface area contributed by atoms with E-state index >= 15 is 0 Å². The Morgan fingerprint density at radius 3 is 2.08 bits per heavy atom. The Morgan fingerprint density at radius 2 is 1.75 bits per heavy atom. The smallest absolute Gasteiger partial charge is 0.0287 e. The highest BCUT2D eigenvalue weighted by atomic mass is 15.2. The maximum absolute atomic E-state index is 5.59. The average molecular weight is 170 g/mol. The highest BCUT2D eigenvalue weighted by molar-refractivity contribution is 4.91. The molecule has 1 aliphatic carbocycles. The number of nitrogens with two attached hydrogens (primary N) is 1. The topological polar surface area (TPSA) is 38.0 Å². The third-order valence-electron chi connectivity index (χ3n) is 3.34. The first kappa shape index (κ1) is 10.0. The van der Waals surface area contributed by atoms with Crippen LogP contribution in [-0.2, 0) is 0 Å². The summed E-state index contributed by atoms with van der Waals surface area (Å²) in [6, 6.07) is 0.486. The van der Waals surface area contributed by atoms with Gasteiger partial charge in [-0.1, -0.05) is 33.6 Å². The van der Waals surface area contributed by atoms with E-state index < -0.39 is 0 Å². The molecule has 2 nitrogen and oxygen atoms in total. The summed E-state index contributed by atoms with van der Waals surface area (Å²) in [4.78, 5) is 0. The van der Waals surface area contributed by atoms with Crippen molar-refractivity contribution in [1.29, 1.82) is 0 Å². The molecule has 1 fully saturated rings. The quantitative estimate of drug-likeness (QED) is 0.502. The Morgan fingerprint density at radius 1 is 1.25 bits per heavy atom. The van der Waals surface area contributed by atoms with Crippen LogP contribution in [0.2, 0.25) is 0 Å². The van der Waals surface area contributed by atoms with E-state index in [2.05, 4.69) is 26.2 Å². The van der Waals surface area contributed by atoms with Crippen LogP contribution >= 0.6 is 0 Å². The van der Waals surface area contributed by atoms with Crippen LogP contribution in [0.4, 0.5) is 0 Å². The fourth-order valence-corrected chi connectivity index (χ4v) is 2.69. The first-order valence-corrected chi connectivity index (χ1v) is 5.06. The van der Waals surface area contributed by atoms with E-state index in [1.807, 2.05) is 0 Å². The molecule has 0 saturated heterocycles. The van der Waals surface area contributed by atoms with Crippen molar-refractivity contribution in [3.05, 3.63) is 0 Å². The Balaban J connectivity index is 2.62. The zero-order valence-corrected chi connectivity index (χ0v) is 8.56. The van der Waals surface area contributed by atoms with Gasteiger partial charge in [0.2, 0.25) is 0 Å². The minimum absolute atomic E-state index is 0.447. The lowest BCUT2D eigenvalue weighted by molar-refractivity contribution is 0.175. The van der Waals surface area contributed by atoms with Crippen molar-refractivity contribution in [3.8, 4) is 0 Å². The molecule has 1 saturated carbocycles. The molecule has 12 heavy (non-hydrogen) atoms. The molecule has 1 unspecified atom stereocenters. The maximum Gasteiger partial charge on any atom is 0.0287 e. The van der Waals surface area contributed by atoms with Gasteiger partial charge in [0, 0.05) is 6.04 Å². The van der Waals surface area contributed by atoms with Crippen LogP contribution in [0.5, 0.6) is 0 Å². The lowest BCUT2D eigenvalue weighted by Crippen LogP contribution is -2.49. The third-order valence-corrected chi connectivity index (χ3v) is 3.34. The van der Waals surface area contributed by atoms with Gasteiger partial charge in [-0.15, -0.1) is 0 Å². The zero-order valence-electron chi connectivity index (χ0n) is 8.56. The molecule has 3 N–H and O–H groups in total. The maximum atomic E-state index is 5.59. The molecule has 0 bridgehead atoms. The third kappa shape index (κ3) is 1.80. The summed E-state index contributed by atoms with van der Waals surface area (Å²) in [5.41, 5.74) is 3.43. The number of rotatable bonds is 3. The average Bonchev–Trinajstić information content (AvgIpc) is 2.37. The summed E-state index contributed by atoms with van der Waals surface area (Å²) in [6.45, 7) is 6.85. The first-order valence-electron chi connectivity index (χ1n) is 5.06. The van der Waals surface area contributed by atoms with E-state index in [-0.39, 0.29) is 0 Å². The fraction of sp³-hybridized carbons (Fsp3) is 1.00. The van der Waals surface area contributed by atoms with Crippen LogP contribution in [-0.4, -0.2) is 6.04 Å². The van der Waals surface area contributed by atoms with Gasteiger partial charge >= 0.3 is 0 Å². The molecule has 0 amide bonds. The van der Waals surface area contributed by atoms with E-state index in [0.29, 0.717) is 17.4 Å². The molecule has 0 aromatic carbocycles. The van der Waals surface area contributed by atoms with Crippen molar-refractivity contribution in [3.63, 3.8) is 0 Å². The summed E-state index contributed by atoms with van der Waals surface area (Å²) in [5, 5.41) is 0. The predicted octanol–water partition coefficient (Wildman–Crippen LogP) is 2.05. The molecule has 0 aromatic heterocycles. The van der Waals surface area contributed by atoms with E-state index in [4.69, 9.17) is 5.84 Å². The highest BCUT2D eigenvalue weighted by Gasteiger charge is 2.37. The van der Waals surface area contributed by atoms with Crippen LogP contribution in [0, 0.1) is 11.3 Å². The van der Waals surface area contributed by atoms with Crippen LogP contribution in [0.15, 0.2) is 0 Å². The SMILES string of the molecule is CC(C)C(NN)C1(C)CCCC1. The summed E-state index contributed by atoms with van der Waals surface area (Å²) < 4.78 is 0. The molecule has 1 atom stereocenters. The summed E-state index contributed by atoms with van der Waals surface area (Å²) >= 11 is 0. The van der Waals surface area contributed by atoms with Gasteiger partial charge in [-0.3, -0.25) is 11.3 Å². The van der Waals surface area contributed by atoms with E-state index in [1.165, 1.54) is 25.7 Å². The molecular weight excluding hydrogens is 148 g/mol.